The van der Waals surface area contributed by atoms with E-state index < -0.39 is 9.05 Å². The molecule has 4 aliphatic rings. The van der Waals surface area contributed by atoms with E-state index >= 15 is 0 Å². The second-order valence-corrected chi connectivity index (χ2v) is 10.6. The molecule has 2 nitrogen and oxygen atoms in total. The van der Waals surface area contributed by atoms with Gasteiger partial charge in [0.1, 0.15) is 0 Å². The molecule has 4 rings (SSSR count). The summed E-state index contributed by atoms with van der Waals surface area (Å²) in [7, 11) is 2.16. The van der Waals surface area contributed by atoms with Crippen molar-refractivity contribution in [3.63, 3.8) is 0 Å². The van der Waals surface area contributed by atoms with Gasteiger partial charge < -0.3 is 0 Å². The topological polar surface area (TPSA) is 34.1 Å². The maximum Gasteiger partial charge on any atom is 0.233 e. The first-order valence-corrected chi connectivity index (χ1v) is 9.02. The summed E-state index contributed by atoms with van der Waals surface area (Å²) in [5.74, 6) is 0.933. The zero-order valence-electron chi connectivity index (χ0n) is 10.6. The molecule has 4 saturated carbocycles. The minimum atomic E-state index is -3.37. The Morgan fingerprint density at radius 3 is 2.00 bits per heavy atom. The van der Waals surface area contributed by atoms with E-state index in [-0.39, 0.29) is 11.2 Å². The number of hydrogen-bond acceptors (Lipinski definition) is 2. The second-order valence-electron chi connectivity index (χ2n) is 7.81. The highest BCUT2D eigenvalue weighted by Gasteiger charge is 2.60. The molecule has 4 heteroatoms. The Kier molecular flexibility index (Phi) is 2.32. The molecule has 0 spiro atoms. The van der Waals surface area contributed by atoms with Gasteiger partial charge in [-0.1, -0.05) is 13.8 Å². The third kappa shape index (κ3) is 2.14. The average Bonchev–Trinajstić information content (AvgIpc) is 1.88. The largest absolute Gasteiger partial charge is 0.233 e. The second kappa shape index (κ2) is 3.22. The number of hydrogen-bond donors (Lipinski definition) is 0. The van der Waals surface area contributed by atoms with E-state index in [9.17, 15) is 8.42 Å². The van der Waals surface area contributed by atoms with Gasteiger partial charge in [0.05, 0.1) is 5.75 Å². The standard InChI is InChI=1S/C13H21ClO2S/c1-11-3-10-4-12(2,6-11)8-13(5-10,7-11)9-17(14,15)16/h10H,3-9H2,1-2H3. The van der Waals surface area contributed by atoms with Crippen molar-refractivity contribution >= 4 is 19.7 Å². The lowest BCUT2D eigenvalue weighted by Crippen LogP contribution is -2.56. The van der Waals surface area contributed by atoms with Crippen molar-refractivity contribution in [2.75, 3.05) is 5.75 Å². The SMILES string of the molecule is CC12CC3CC(C)(C1)CC(CS(=O)(=O)Cl)(C3)C2. The summed E-state index contributed by atoms with van der Waals surface area (Å²) in [6.07, 6.45) is 7.10. The summed E-state index contributed by atoms with van der Waals surface area (Å²) in [5, 5.41) is 0. The summed E-state index contributed by atoms with van der Waals surface area (Å²) in [5.41, 5.74) is 0.731. The van der Waals surface area contributed by atoms with E-state index in [2.05, 4.69) is 13.8 Å². The van der Waals surface area contributed by atoms with Gasteiger partial charge in [-0.25, -0.2) is 8.42 Å². The van der Waals surface area contributed by atoms with Crippen molar-refractivity contribution in [1.82, 2.24) is 0 Å². The maximum atomic E-state index is 11.5. The molecular weight excluding hydrogens is 256 g/mol. The molecule has 17 heavy (non-hydrogen) atoms. The molecule has 0 aliphatic heterocycles. The third-order valence-electron chi connectivity index (χ3n) is 5.22. The lowest BCUT2D eigenvalue weighted by molar-refractivity contribution is -0.135. The van der Waals surface area contributed by atoms with Crippen LogP contribution in [0.25, 0.3) is 0 Å². The van der Waals surface area contributed by atoms with Gasteiger partial charge in [-0.15, -0.1) is 0 Å². The van der Waals surface area contributed by atoms with Crippen LogP contribution in [0.1, 0.15) is 52.4 Å². The van der Waals surface area contributed by atoms with Crippen LogP contribution >= 0.6 is 10.7 Å². The first-order chi connectivity index (χ1) is 7.61. The van der Waals surface area contributed by atoms with E-state index in [0.29, 0.717) is 10.8 Å². The molecule has 0 saturated heterocycles. The van der Waals surface area contributed by atoms with Crippen molar-refractivity contribution in [2.24, 2.45) is 22.2 Å². The highest BCUT2D eigenvalue weighted by atomic mass is 35.7. The van der Waals surface area contributed by atoms with Crippen molar-refractivity contribution < 1.29 is 8.42 Å². The van der Waals surface area contributed by atoms with Crippen molar-refractivity contribution in [2.45, 2.75) is 52.4 Å². The summed E-state index contributed by atoms with van der Waals surface area (Å²) >= 11 is 0. The van der Waals surface area contributed by atoms with Gasteiger partial charge in [0.25, 0.3) is 0 Å². The Bertz CT molecular complexity index is 438. The molecule has 0 heterocycles. The summed E-state index contributed by atoms with van der Waals surface area (Å²) in [6.45, 7) is 4.71. The first kappa shape index (κ1) is 12.3. The van der Waals surface area contributed by atoms with E-state index in [1.807, 2.05) is 0 Å². The zero-order valence-corrected chi connectivity index (χ0v) is 12.2. The van der Waals surface area contributed by atoms with Crippen LogP contribution in [0.4, 0.5) is 0 Å². The van der Waals surface area contributed by atoms with Gasteiger partial charge in [-0.05, 0) is 60.7 Å². The van der Waals surface area contributed by atoms with Crippen molar-refractivity contribution in [3.05, 3.63) is 0 Å². The van der Waals surface area contributed by atoms with Crippen LogP contribution in [0.5, 0.6) is 0 Å². The molecule has 0 radical (unpaired) electrons. The van der Waals surface area contributed by atoms with Gasteiger partial charge in [0.15, 0.2) is 0 Å². The Morgan fingerprint density at radius 2 is 1.59 bits per heavy atom. The fourth-order valence-corrected chi connectivity index (χ4v) is 7.96. The molecule has 0 amide bonds. The molecule has 0 aromatic carbocycles. The van der Waals surface area contributed by atoms with Crippen LogP contribution in [0.15, 0.2) is 0 Å². The van der Waals surface area contributed by atoms with Crippen LogP contribution in [0.3, 0.4) is 0 Å². The lowest BCUT2D eigenvalue weighted by Gasteiger charge is -2.65. The van der Waals surface area contributed by atoms with Crippen molar-refractivity contribution in [1.29, 1.82) is 0 Å². The normalized spacial score (nSPS) is 53.0. The van der Waals surface area contributed by atoms with Gasteiger partial charge >= 0.3 is 0 Å². The summed E-state index contributed by atoms with van der Waals surface area (Å²) < 4.78 is 23.0. The Balaban J connectivity index is 1.97. The minimum absolute atomic E-state index is 0.0104. The molecule has 0 aromatic heterocycles. The molecule has 4 fully saturated rings. The number of halogens is 1. The highest BCUT2D eigenvalue weighted by Crippen LogP contribution is 2.69. The Labute approximate surface area is 109 Å². The minimum Gasteiger partial charge on any atom is -0.212 e. The molecule has 4 aliphatic carbocycles. The highest BCUT2D eigenvalue weighted by molar-refractivity contribution is 8.13. The molecule has 2 unspecified atom stereocenters. The average molecular weight is 277 g/mol. The quantitative estimate of drug-likeness (QED) is 0.723. The van der Waals surface area contributed by atoms with Gasteiger partial charge in [0.2, 0.25) is 9.05 Å². The fourth-order valence-electron chi connectivity index (χ4n) is 6.21. The van der Waals surface area contributed by atoms with Gasteiger partial charge in [-0.3, -0.25) is 0 Å². The van der Waals surface area contributed by atoms with E-state index in [0.717, 1.165) is 25.2 Å². The molecular formula is C13H21ClO2S. The van der Waals surface area contributed by atoms with E-state index in [1.165, 1.54) is 19.3 Å². The van der Waals surface area contributed by atoms with Crippen LogP contribution in [0, 0.1) is 22.2 Å². The van der Waals surface area contributed by atoms with Crippen LogP contribution in [-0.2, 0) is 9.05 Å². The molecule has 0 aromatic rings. The summed E-state index contributed by atoms with van der Waals surface area (Å²) in [4.78, 5) is 0. The predicted molar refractivity (Wildman–Crippen MR) is 69.5 cm³/mol. The van der Waals surface area contributed by atoms with Gasteiger partial charge in [-0.2, -0.15) is 0 Å². The molecule has 2 atom stereocenters. The third-order valence-corrected chi connectivity index (χ3v) is 6.50. The molecule has 98 valence electrons. The Morgan fingerprint density at radius 1 is 1.06 bits per heavy atom. The first-order valence-electron chi connectivity index (χ1n) is 6.54. The van der Waals surface area contributed by atoms with Crippen LogP contribution < -0.4 is 0 Å². The lowest BCUT2D eigenvalue weighted by atomic mass is 9.41. The monoisotopic (exact) mass is 276 g/mol. The molecule has 4 bridgehead atoms. The summed E-state index contributed by atoms with van der Waals surface area (Å²) in [6, 6.07) is 0. The van der Waals surface area contributed by atoms with E-state index in [4.69, 9.17) is 10.7 Å². The van der Waals surface area contributed by atoms with Crippen LogP contribution in [-0.4, -0.2) is 14.2 Å². The van der Waals surface area contributed by atoms with Crippen molar-refractivity contribution in [3.8, 4) is 0 Å². The zero-order chi connectivity index (χ0) is 12.5. The van der Waals surface area contributed by atoms with E-state index in [1.54, 1.807) is 0 Å². The maximum absolute atomic E-state index is 11.5. The Hall–Kier alpha value is 0.240. The number of rotatable bonds is 2. The molecule has 0 N–H and O–H groups in total. The predicted octanol–water partition coefficient (Wildman–Crippen LogP) is 3.55. The smallest absolute Gasteiger partial charge is 0.212 e. The fraction of sp³-hybridized carbons (Fsp3) is 1.00. The van der Waals surface area contributed by atoms with Gasteiger partial charge in [0, 0.05) is 10.7 Å². The van der Waals surface area contributed by atoms with Crippen LogP contribution in [0.2, 0.25) is 0 Å².